The van der Waals surface area contributed by atoms with E-state index >= 15 is 0 Å². The Bertz CT molecular complexity index is 906. The lowest BCUT2D eigenvalue weighted by molar-refractivity contribution is 0.0600. The monoisotopic (exact) mass is 400 g/mol. The molecule has 3 aromatic rings. The summed E-state index contributed by atoms with van der Waals surface area (Å²) in [6.07, 6.45) is 0. The minimum Gasteiger partial charge on any atom is -0.496 e. The molecule has 0 unspecified atom stereocenters. The summed E-state index contributed by atoms with van der Waals surface area (Å²) in [5.41, 5.74) is 1.50. The number of methoxy groups -OCH3 is 2. The van der Waals surface area contributed by atoms with Crippen LogP contribution in [-0.4, -0.2) is 20.2 Å². The highest BCUT2D eigenvalue weighted by Crippen LogP contribution is 2.38. The molecule has 5 heteroatoms. The molecular formula is C20H17BrO4. The highest BCUT2D eigenvalue weighted by atomic mass is 79.9. The molecule has 0 spiro atoms. The number of carbonyl (C=O) groups excluding carboxylic acids is 1. The molecule has 0 aromatic heterocycles. The molecule has 0 radical (unpaired) electrons. The molecule has 0 amide bonds. The van der Waals surface area contributed by atoms with Crippen molar-refractivity contribution in [2.75, 3.05) is 14.2 Å². The van der Waals surface area contributed by atoms with Crippen molar-refractivity contribution in [2.24, 2.45) is 0 Å². The van der Waals surface area contributed by atoms with Gasteiger partial charge in [-0.3, -0.25) is 0 Å². The molecule has 0 aliphatic carbocycles. The van der Waals surface area contributed by atoms with Gasteiger partial charge in [0.25, 0.3) is 0 Å². The number of rotatable bonds is 5. The van der Waals surface area contributed by atoms with Crippen molar-refractivity contribution in [3.8, 4) is 11.5 Å². The molecule has 4 nitrogen and oxygen atoms in total. The van der Waals surface area contributed by atoms with Gasteiger partial charge in [0, 0.05) is 10.8 Å². The van der Waals surface area contributed by atoms with E-state index in [2.05, 4.69) is 15.9 Å². The van der Waals surface area contributed by atoms with Crippen LogP contribution in [-0.2, 0) is 11.3 Å². The maximum absolute atomic E-state index is 11.9. The Kier molecular flexibility index (Phi) is 5.24. The molecule has 0 fully saturated rings. The van der Waals surface area contributed by atoms with Gasteiger partial charge in [-0.2, -0.15) is 0 Å². The number of esters is 1. The van der Waals surface area contributed by atoms with Crippen LogP contribution >= 0.6 is 15.9 Å². The van der Waals surface area contributed by atoms with Crippen molar-refractivity contribution >= 4 is 32.7 Å². The molecule has 128 valence electrons. The van der Waals surface area contributed by atoms with E-state index in [0.717, 1.165) is 20.8 Å². The van der Waals surface area contributed by atoms with Gasteiger partial charge in [-0.25, -0.2) is 4.79 Å². The van der Waals surface area contributed by atoms with Crippen LogP contribution in [0.3, 0.4) is 0 Å². The van der Waals surface area contributed by atoms with E-state index in [1.54, 1.807) is 19.2 Å². The van der Waals surface area contributed by atoms with Gasteiger partial charge in [0.15, 0.2) is 0 Å². The Morgan fingerprint density at radius 2 is 1.72 bits per heavy atom. The summed E-state index contributed by atoms with van der Waals surface area (Å²) < 4.78 is 16.9. The summed E-state index contributed by atoms with van der Waals surface area (Å²) in [6, 6.07) is 17.2. The van der Waals surface area contributed by atoms with E-state index in [9.17, 15) is 4.79 Å². The Balaban J connectivity index is 2.01. The van der Waals surface area contributed by atoms with Crippen LogP contribution in [0.1, 0.15) is 15.9 Å². The Morgan fingerprint density at radius 1 is 0.960 bits per heavy atom. The third kappa shape index (κ3) is 3.61. The van der Waals surface area contributed by atoms with Crippen LogP contribution in [0.25, 0.3) is 10.8 Å². The van der Waals surface area contributed by atoms with Crippen LogP contribution in [0, 0.1) is 0 Å². The first kappa shape index (κ1) is 17.3. The quantitative estimate of drug-likeness (QED) is 0.566. The van der Waals surface area contributed by atoms with Crippen LogP contribution < -0.4 is 9.47 Å². The largest absolute Gasteiger partial charge is 0.496 e. The van der Waals surface area contributed by atoms with E-state index in [1.165, 1.54) is 7.11 Å². The molecular weight excluding hydrogens is 384 g/mol. The average molecular weight is 401 g/mol. The predicted molar refractivity (Wildman–Crippen MR) is 100 cm³/mol. The topological polar surface area (TPSA) is 44.8 Å². The zero-order valence-electron chi connectivity index (χ0n) is 13.9. The summed E-state index contributed by atoms with van der Waals surface area (Å²) in [5.74, 6) is 0.885. The van der Waals surface area contributed by atoms with Crippen molar-refractivity contribution in [1.29, 1.82) is 0 Å². The summed E-state index contributed by atoms with van der Waals surface area (Å²) in [4.78, 5) is 11.9. The van der Waals surface area contributed by atoms with Gasteiger partial charge in [-0.15, -0.1) is 0 Å². The normalized spacial score (nSPS) is 10.5. The van der Waals surface area contributed by atoms with Crippen LogP contribution in [0.2, 0.25) is 0 Å². The molecule has 0 aliphatic heterocycles. The third-order valence-corrected chi connectivity index (χ3v) is 4.69. The maximum Gasteiger partial charge on any atom is 0.338 e. The van der Waals surface area contributed by atoms with E-state index in [0.29, 0.717) is 23.7 Å². The second-order valence-corrected chi connectivity index (χ2v) is 6.21. The van der Waals surface area contributed by atoms with Crippen molar-refractivity contribution in [3.05, 3.63) is 70.2 Å². The second-order valence-electron chi connectivity index (χ2n) is 5.42. The number of benzene rings is 3. The lowest BCUT2D eigenvalue weighted by atomic mass is 10.1. The second kappa shape index (κ2) is 7.57. The van der Waals surface area contributed by atoms with Gasteiger partial charge >= 0.3 is 5.97 Å². The Morgan fingerprint density at radius 3 is 2.40 bits per heavy atom. The molecule has 0 aliphatic rings. The molecule has 0 saturated heterocycles. The minimum atomic E-state index is -0.414. The molecule has 0 N–H and O–H groups in total. The molecule has 0 atom stereocenters. The fourth-order valence-corrected chi connectivity index (χ4v) is 3.17. The number of fused-ring (bicyclic) bond motifs is 1. The SMILES string of the molecule is COC(=O)c1cc(OC)c2ccc(OCc3ccccc3)c(Br)c2c1. The fourth-order valence-electron chi connectivity index (χ4n) is 2.60. The van der Waals surface area contributed by atoms with Gasteiger partial charge in [-0.05, 0) is 45.8 Å². The van der Waals surface area contributed by atoms with Crippen LogP contribution in [0.5, 0.6) is 11.5 Å². The predicted octanol–water partition coefficient (Wildman–Crippen LogP) is 4.98. The molecule has 3 rings (SSSR count). The van der Waals surface area contributed by atoms with Crippen molar-refractivity contribution in [2.45, 2.75) is 6.61 Å². The minimum absolute atomic E-state index is 0.414. The van der Waals surface area contributed by atoms with E-state index in [-0.39, 0.29) is 0 Å². The van der Waals surface area contributed by atoms with Crippen LogP contribution in [0.4, 0.5) is 0 Å². The van der Waals surface area contributed by atoms with E-state index in [4.69, 9.17) is 14.2 Å². The maximum atomic E-state index is 11.9. The van der Waals surface area contributed by atoms with Gasteiger partial charge in [0.05, 0.1) is 24.3 Å². The molecule has 0 saturated carbocycles. The first-order chi connectivity index (χ1) is 12.1. The number of hydrogen-bond donors (Lipinski definition) is 0. The van der Waals surface area contributed by atoms with Crippen molar-refractivity contribution in [1.82, 2.24) is 0 Å². The average Bonchev–Trinajstić information content (AvgIpc) is 2.67. The zero-order chi connectivity index (χ0) is 17.8. The number of hydrogen-bond acceptors (Lipinski definition) is 4. The van der Waals surface area contributed by atoms with Gasteiger partial charge in [-0.1, -0.05) is 30.3 Å². The summed E-state index contributed by atoms with van der Waals surface area (Å²) in [6.45, 7) is 0.457. The zero-order valence-corrected chi connectivity index (χ0v) is 15.5. The van der Waals surface area contributed by atoms with E-state index < -0.39 is 5.97 Å². The summed E-state index contributed by atoms with van der Waals surface area (Å²) in [5, 5.41) is 1.71. The van der Waals surface area contributed by atoms with Crippen molar-refractivity contribution in [3.63, 3.8) is 0 Å². The smallest absolute Gasteiger partial charge is 0.338 e. The number of halogens is 1. The summed E-state index contributed by atoms with van der Waals surface area (Å²) in [7, 11) is 2.93. The third-order valence-electron chi connectivity index (χ3n) is 3.87. The Labute approximate surface area is 154 Å². The number of ether oxygens (including phenoxy) is 3. The summed E-state index contributed by atoms with van der Waals surface area (Å²) >= 11 is 3.59. The molecule has 0 bridgehead atoms. The highest BCUT2D eigenvalue weighted by Gasteiger charge is 2.15. The molecule has 0 heterocycles. The molecule has 25 heavy (non-hydrogen) atoms. The number of carbonyl (C=O) groups is 1. The van der Waals surface area contributed by atoms with Gasteiger partial charge in [0.2, 0.25) is 0 Å². The van der Waals surface area contributed by atoms with E-state index in [1.807, 2.05) is 42.5 Å². The lowest BCUT2D eigenvalue weighted by Gasteiger charge is -2.13. The van der Waals surface area contributed by atoms with Crippen molar-refractivity contribution < 1.29 is 19.0 Å². The Hall–Kier alpha value is -2.53. The fraction of sp³-hybridized carbons (Fsp3) is 0.150. The lowest BCUT2D eigenvalue weighted by Crippen LogP contribution is -2.02. The van der Waals surface area contributed by atoms with Gasteiger partial charge < -0.3 is 14.2 Å². The molecule has 3 aromatic carbocycles. The first-order valence-corrected chi connectivity index (χ1v) is 8.48. The first-order valence-electron chi connectivity index (χ1n) is 7.69. The highest BCUT2D eigenvalue weighted by molar-refractivity contribution is 9.10. The standard InChI is InChI=1S/C20H17BrO4/c1-23-18-11-14(20(22)24-2)10-16-15(18)8-9-17(19(16)21)25-12-13-6-4-3-5-7-13/h3-11H,12H2,1-2H3. The van der Waals surface area contributed by atoms with Gasteiger partial charge in [0.1, 0.15) is 18.1 Å². The van der Waals surface area contributed by atoms with Crippen LogP contribution in [0.15, 0.2) is 59.1 Å².